The van der Waals surface area contributed by atoms with E-state index in [1.165, 1.54) is 0 Å². The highest BCUT2D eigenvalue weighted by molar-refractivity contribution is 6.30. The molecule has 59 heavy (non-hydrogen) atoms. The number of amides is 2. The highest BCUT2D eigenvalue weighted by Crippen LogP contribution is 2.36. The summed E-state index contributed by atoms with van der Waals surface area (Å²) in [6.45, 7) is 17.4. The second-order valence-electron chi connectivity index (χ2n) is 14.2. The maximum atomic E-state index is 12.9. The third kappa shape index (κ3) is 19.2. The Labute approximate surface area is 354 Å². The lowest BCUT2D eigenvalue weighted by atomic mass is 9.99. The van der Waals surface area contributed by atoms with Gasteiger partial charge in [-0.2, -0.15) is 0 Å². The fourth-order valence-corrected chi connectivity index (χ4v) is 5.90. The molecule has 3 rings (SSSR count). The van der Waals surface area contributed by atoms with Crippen LogP contribution in [-0.4, -0.2) is 134 Å². The van der Waals surface area contributed by atoms with Gasteiger partial charge in [-0.05, 0) is 71.4 Å². The van der Waals surface area contributed by atoms with Gasteiger partial charge in [0.1, 0.15) is 23.8 Å². The van der Waals surface area contributed by atoms with Gasteiger partial charge in [0, 0.05) is 34.9 Å². The maximum absolute atomic E-state index is 12.9. The maximum Gasteiger partial charge on any atom is 0.407 e. The number of ether oxygens (including phenoxy) is 8. The minimum Gasteiger partial charge on any atom is -0.491 e. The van der Waals surface area contributed by atoms with E-state index in [-0.39, 0.29) is 12.3 Å². The number of carbonyl (C=O) groups excluding carboxylic acids is 2. The topological polar surface area (TPSA) is 171 Å². The third-order valence-corrected chi connectivity index (χ3v) is 8.49. The number of benzodiazepines with no additional fused rings is 1. The van der Waals surface area contributed by atoms with Crippen molar-refractivity contribution in [2.75, 3.05) is 104 Å². The number of hydrogen-bond acceptors (Lipinski definition) is 12. The molecule has 1 unspecified atom stereocenters. The minimum atomic E-state index is -0.526. The Hall–Kier alpha value is -4.09. The van der Waals surface area contributed by atoms with Crippen LogP contribution in [0.25, 0.3) is 0 Å². The molecule has 0 saturated heterocycles. The second kappa shape index (κ2) is 27.6. The fourth-order valence-electron chi connectivity index (χ4n) is 5.77. The zero-order chi connectivity index (χ0) is 42.9. The van der Waals surface area contributed by atoms with Crippen LogP contribution in [0.15, 0.2) is 59.2 Å². The van der Waals surface area contributed by atoms with Gasteiger partial charge in [-0.1, -0.05) is 36.7 Å². The van der Waals surface area contributed by atoms with Crippen molar-refractivity contribution in [2.45, 2.75) is 66.0 Å². The Morgan fingerprint density at radius 2 is 1.34 bits per heavy atom. The van der Waals surface area contributed by atoms with Crippen LogP contribution in [0.3, 0.4) is 0 Å². The zero-order valence-corrected chi connectivity index (χ0v) is 36.3. The van der Waals surface area contributed by atoms with Crippen LogP contribution in [0.4, 0.5) is 10.5 Å². The first-order valence-corrected chi connectivity index (χ1v) is 20.7. The van der Waals surface area contributed by atoms with Gasteiger partial charge in [0.25, 0.3) is 0 Å². The number of nitrogens with one attached hydrogen (secondary N) is 3. The molecule has 3 N–H and O–H groups in total. The van der Waals surface area contributed by atoms with Crippen LogP contribution >= 0.6 is 11.6 Å². The molecule has 2 aromatic rings. The molecule has 2 aromatic carbocycles. The van der Waals surface area contributed by atoms with Gasteiger partial charge in [-0.25, -0.2) is 4.79 Å². The molecular formula is C43H64ClN5O10. The predicted molar refractivity (Wildman–Crippen MR) is 230 cm³/mol. The molecule has 0 radical (unpaired) electrons. The number of carbonyl (C=O) groups is 2. The van der Waals surface area contributed by atoms with Gasteiger partial charge >= 0.3 is 6.09 Å². The molecule has 1 atom stereocenters. The molecule has 2 amide bonds. The van der Waals surface area contributed by atoms with E-state index in [1.807, 2.05) is 88.1 Å². The Morgan fingerprint density at radius 3 is 1.85 bits per heavy atom. The molecule has 0 bridgehead atoms. The Kier molecular flexibility index (Phi) is 23.1. The Morgan fingerprint density at radius 1 is 0.797 bits per heavy atom. The zero-order valence-electron chi connectivity index (χ0n) is 35.6. The first kappa shape index (κ1) is 49.3. The normalized spacial score (nSPS) is 14.7. The van der Waals surface area contributed by atoms with Crippen molar-refractivity contribution >= 4 is 40.8 Å². The lowest BCUT2D eigenvalue weighted by molar-refractivity contribution is -0.121. The molecule has 0 saturated carbocycles. The van der Waals surface area contributed by atoms with Gasteiger partial charge in [0.15, 0.2) is 0 Å². The van der Waals surface area contributed by atoms with Gasteiger partial charge in [0.2, 0.25) is 5.91 Å². The number of amidine groups is 1. The number of benzene rings is 2. The largest absolute Gasteiger partial charge is 0.491 e. The number of aliphatic imine (C=N–C) groups is 1. The summed E-state index contributed by atoms with van der Waals surface area (Å²) in [5.74, 6) is 0.822. The smallest absolute Gasteiger partial charge is 0.407 e. The molecule has 1 heterocycles. The van der Waals surface area contributed by atoms with Crippen molar-refractivity contribution in [1.29, 1.82) is 5.41 Å². The SMILES string of the molecule is CCC=C1C(CC(=O)NCC)N=C(c2ccc(Cl)cc2)c2cc(OCCOCCOCCOCCOCCOCCOCCNC(=O)OC(C)(C)C)ccc2N1C(C)=N. The molecular weight excluding hydrogens is 782 g/mol. The number of fused-ring (bicyclic) bond motifs is 1. The number of hydrogen-bond donors (Lipinski definition) is 3. The van der Waals surface area contributed by atoms with Crippen molar-refractivity contribution in [3.8, 4) is 5.75 Å². The summed E-state index contributed by atoms with van der Waals surface area (Å²) in [6.07, 6.45) is 2.42. The number of halogens is 1. The van der Waals surface area contributed by atoms with Crippen LogP contribution in [0.2, 0.25) is 5.02 Å². The summed E-state index contributed by atoms with van der Waals surface area (Å²) in [7, 11) is 0. The van der Waals surface area contributed by atoms with Crippen LogP contribution in [-0.2, 0) is 38.0 Å². The van der Waals surface area contributed by atoms with E-state index in [0.29, 0.717) is 128 Å². The molecule has 1 aliphatic rings. The Bertz CT molecular complexity index is 1630. The van der Waals surface area contributed by atoms with Crippen molar-refractivity contribution in [1.82, 2.24) is 10.6 Å². The predicted octanol–water partition coefficient (Wildman–Crippen LogP) is 6.19. The van der Waals surface area contributed by atoms with Gasteiger partial charge in [0.05, 0.1) is 103 Å². The number of alkyl carbamates (subject to hydrolysis) is 1. The average Bonchev–Trinajstić information content (AvgIpc) is 3.31. The molecule has 0 aromatic heterocycles. The molecule has 1 aliphatic heterocycles. The van der Waals surface area contributed by atoms with Gasteiger partial charge < -0.3 is 53.4 Å². The molecule has 0 fully saturated rings. The van der Waals surface area contributed by atoms with Crippen molar-refractivity contribution in [3.63, 3.8) is 0 Å². The monoisotopic (exact) mass is 845 g/mol. The van der Waals surface area contributed by atoms with Crippen molar-refractivity contribution in [2.24, 2.45) is 4.99 Å². The van der Waals surface area contributed by atoms with Crippen molar-refractivity contribution < 1.29 is 47.5 Å². The van der Waals surface area contributed by atoms with E-state index in [1.54, 1.807) is 6.92 Å². The second-order valence-corrected chi connectivity index (χ2v) is 14.7. The standard InChI is InChI=1S/C43H64ClN5O10/c1-7-9-39-37(31-40(50)46-8-2)48-41(33-10-12-34(44)13-11-33)36-30-35(14-15-38(36)49(39)32(3)45)58-29-28-57-27-26-56-25-24-55-23-22-54-21-20-53-19-18-52-17-16-47-42(51)59-43(4,5)6/h9-15,30,37,45H,7-8,16-29,31H2,1-6H3,(H,46,50)(H,47,51). The van der Waals surface area contributed by atoms with E-state index >= 15 is 0 Å². The molecule has 0 spiro atoms. The summed E-state index contributed by atoms with van der Waals surface area (Å²) >= 11 is 6.25. The molecule has 0 aliphatic carbocycles. The minimum absolute atomic E-state index is 0.112. The van der Waals surface area contributed by atoms with E-state index in [0.717, 1.165) is 22.5 Å². The van der Waals surface area contributed by atoms with E-state index < -0.39 is 17.7 Å². The van der Waals surface area contributed by atoms with Crippen LogP contribution in [0.1, 0.15) is 65.5 Å². The number of anilines is 1. The first-order chi connectivity index (χ1) is 28.4. The average molecular weight is 846 g/mol. The van der Waals surface area contributed by atoms with E-state index in [2.05, 4.69) is 10.6 Å². The summed E-state index contributed by atoms with van der Waals surface area (Å²) in [6, 6.07) is 12.7. The van der Waals surface area contributed by atoms with Crippen molar-refractivity contribution in [3.05, 3.63) is 70.4 Å². The fraction of sp³-hybridized carbons (Fsp3) is 0.581. The van der Waals surface area contributed by atoms with E-state index in [9.17, 15) is 9.59 Å². The van der Waals surface area contributed by atoms with Crippen LogP contribution in [0, 0.1) is 5.41 Å². The summed E-state index contributed by atoms with van der Waals surface area (Å²) in [4.78, 5) is 31.5. The number of nitrogens with zero attached hydrogens (tertiary/aromatic N) is 2. The molecule has 16 heteroatoms. The third-order valence-electron chi connectivity index (χ3n) is 8.24. The number of allylic oxidation sites excluding steroid dienone is 1. The lowest BCUT2D eigenvalue weighted by Crippen LogP contribution is -2.35. The quantitative estimate of drug-likeness (QED) is 0.0533. The van der Waals surface area contributed by atoms with Gasteiger partial charge in [-0.3, -0.25) is 15.2 Å². The highest BCUT2D eigenvalue weighted by atomic mass is 35.5. The van der Waals surface area contributed by atoms with E-state index in [4.69, 9.17) is 59.9 Å². The lowest BCUT2D eigenvalue weighted by Gasteiger charge is -2.29. The molecule has 328 valence electrons. The van der Waals surface area contributed by atoms with Crippen LogP contribution < -0.4 is 20.3 Å². The number of rotatable bonds is 27. The van der Waals surface area contributed by atoms with Crippen LogP contribution in [0.5, 0.6) is 5.75 Å². The van der Waals surface area contributed by atoms with Gasteiger partial charge in [-0.15, -0.1) is 0 Å². The molecule has 15 nitrogen and oxygen atoms in total. The summed E-state index contributed by atoms with van der Waals surface area (Å²) < 4.78 is 44.6. The first-order valence-electron chi connectivity index (χ1n) is 20.3. The summed E-state index contributed by atoms with van der Waals surface area (Å²) in [5, 5.41) is 14.9. The highest BCUT2D eigenvalue weighted by Gasteiger charge is 2.32. The summed E-state index contributed by atoms with van der Waals surface area (Å²) in [5.41, 5.74) is 3.31. The Balaban J connectivity index is 1.33.